The monoisotopic (exact) mass is 454 g/mol. The molecule has 2 bridgehead atoms. The number of alkyl carbamates (subject to hydrolysis) is 1. The standard InChI is InChI=1S/C29H30N2O3/c32-29(34-19-28-26-12-6-4-10-24(26)25-11-5-7-13-27(25)28)30-21-14-22-17-33-18-23(15-21)31(22)16-20-8-2-1-3-9-20/h1-13,21-23,28H,14-19H2,(H,30,32). The summed E-state index contributed by atoms with van der Waals surface area (Å²) in [5.41, 5.74) is 6.27. The van der Waals surface area contributed by atoms with E-state index >= 15 is 0 Å². The molecule has 3 aliphatic rings. The first-order valence-electron chi connectivity index (χ1n) is 12.2. The molecule has 2 aliphatic heterocycles. The zero-order valence-corrected chi connectivity index (χ0v) is 19.2. The zero-order chi connectivity index (χ0) is 22.9. The molecule has 3 aromatic rings. The van der Waals surface area contributed by atoms with Gasteiger partial charge in [-0.1, -0.05) is 78.9 Å². The van der Waals surface area contributed by atoms with E-state index in [9.17, 15) is 4.79 Å². The molecule has 1 amide bonds. The van der Waals surface area contributed by atoms with Crippen molar-refractivity contribution >= 4 is 6.09 Å². The molecule has 1 N–H and O–H groups in total. The van der Waals surface area contributed by atoms with Crippen LogP contribution in [0.5, 0.6) is 0 Å². The lowest BCUT2D eigenvalue weighted by molar-refractivity contribution is -0.0847. The Kier molecular flexibility index (Phi) is 5.81. The molecule has 2 saturated heterocycles. The van der Waals surface area contributed by atoms with Crippen LogP contribution in [-0.4, -0.2) is 48.9 Å². The second kappa shape index (κ2) is 9.24. The SMILES string of the molecule is O=C(NC1CC2COCC(C1)N2Cc1ccccc1)OCC1c2ccccc2-c2ccccc21. The Hall–Kier alpha value is -3.15. The Morgan fingerprint density at radius 3 is 2.09 bits per heavy atom. The zero-order valence-electron chi connectivity index (χ0n) is 19.2. The average molecular weight is 455 g/mol. The number of hydrogen-bond acceptors (Lipinski definition) is 4. The molecule has 0 spiro atoms. The third kappa shape index (κ3) is 4.10. The van der Waals surface area contributed by atoms with Gasteiger partial charge in [-0.15, -0.1) is 0 Å². The summed E-state index contributed by atoms with van der Waals surface area (Å²) < 4.78 is 11.6. The summed E-state index contributed by atoms with van der Waals surface area (Å²) in [6.45, 7) is 2.71. The van der Waals surface area contributed by atoms with E-state index in [4.69, 9.17) is 9.47 Å². The van der Waals surface area contributed by atoms with Crippen molar-refractivity contribution in [2.45, 2.75) is 43.4 Å². The maximum absolute atomic E-state index is 12.8. The first-order valence-corrected chi connectivity index (χ1v) is 12.2. The van der Waals surface area contributed by atoms with Crippen LogP contribution in [0, 0.1) is 0 Å². The summed E-state index contributed by atoms with van der Waals surface area (Å²) in [6.07, 6.45) is 1.45. The maximum atomic E-state index is 12.8. The second-order valence-electron chi connectivity index (χ2n) is 9.64. The van der Waals surface area contributed by atoms with E-state index < -0.39 is 0 Å². The maximum Gasteiger partial charge on any atom is 0.407 e. The predicted molar refractivity (Wildman–Crippen MR) is 132 cm³/mol. The molecule has 5 heteroatoms. The minimum Gasteiger partial charge on any atom is -0.449 e. The van der Waals surface area contributed by atoms with Crippen LogP contribution in [-0.2, 0) is 16.0 Å². The molecule has 174 valence electrons. The van der Waals surface area contributed by atoms with Crippen molar-refractivity contribution in [1.29, 1.82) is 0 Å². The summed E-state index contributed by atoms with van der Waals surface area (Å²) >= 11 is 0. The van der Waals surface area contributed by atoms with Gasteiger partial charge in [-0.25, -0.2) is 4.79 Å². The summed E-state index contributed by atoms with van der Waals surface area (Å²) in [7, 11) is 0. The molecule has 2 atom stereocenters. The van der Waals surface area contributed by atoms with Gasteiger partial charge in [-0.05, 0) is 40.7 Å². The molecule has 2 fully saturated rings. The highest BCUT2D eigenvalue weighted by Crippen LogP contribution is 2.44. The van der Waals surface area contributed by atoms with Crippen LogP contribution in [0.15, 0.2) is 78.9 Å². The van der Waals surface area contributed by atoms with Crippen molar-refractivity contribution in [1.82, 2.24) is 10.2 Å². The largest absolute Gasteiger partial charge is 0.449 e. The van der Waals surface area contributed by atoms with Gasteiger partial charge in [-0.2, -0.15) is 0 Å². The van der Waals surface area contributed by atoms with Crippen molar-refractivity contribution in [3.05, 3.63) is 95.6 Å². The molecule has 5 nitrogen and oxygen atoms in total. The van der Waals surface area contributed by atoms with Gasteiger partial charge in [0.25, 0.3) is 0 Å². The number of nitrogens with zero attached hydrogens (tertiary/aromatic N) is 1. The van der Waals surface area contributed by atoms with E-state index in [0.717, 1.165) is 19.4 Å². The van der Waals surface area contributed by atoms with Gasteiger partial charge in [0.05, 0.1) is 13.2 Å². The first kappa shape index (κ1) is 21.4. The topological polar surface area (TPSA) is 50.8 Å². The summed E-state index contributed by atoms with van der Waals surface area (Å²) in [4.78, 5) is 15.4. The first-order chi connectivity index (χ1) is 16.8. The Morgan fingerprint density at radius 2 is 1.44 bits per heavy atom. The van der Waals surface area contributed by atoms with E-state index in [1.165, 1.54) is 27.8 Å². The highest BCUT2D eigenvalue weighted by Gasteiger charge is 2.39. The lowest BCUT2D eigenvalue weighted by Gasteiger charge is -2.48. The van der Waals surface area contributed by atoms with Crippen LogP contribution in [0.3, 0.4) is 0 Å². The minimum atomic E-state index is -0.317. The summed E-state index contributed by atoms with van der Waals surface area (Å²) in [6, 6.07) is 28.2. The van der Waals surface area contributed by atoms with Gasteiger partial charge in [0.2, 0.25) is 0 Å². The Labute approximate surface area is 200 Å². The van der Waals surface area contributed by atoms with Crippen LogP contribution in [0.2, 0.25) is 0 Å². The number of morpholine rings is 1. The highest BCUT2D eigenvalue weighted by atomic mass is 16.5. The number of hydrogen-bond donors (Lipinski definition) is 1. The van der Waals surface area contributed by atoms with Gasteiger partial charge in [0.1, 0.15) is 6.61 Å². The number of ether oxygens (including phenoxy) is 2. The van der Waals surface area contributed by atoms with Gasteiger partial charge in [-0.3, -0.25) is 4.90 Å². The van der Waals surface area contributed by atoms with Crippen LogP contribution in [0.4, 0.5) is 4.79 Å². The number of fused-ring (bicyclic) bond motifs is 5. The number of rotatable bonds is 5. The number of nitrogens with one attached hydrogen (secondary N) is 1. The summed E-state index contributed by atoms with van der Waals surface area (Å²) in [5, 5.41) is 3.16. The number of amides is 1. The minimum absolute atomic E-state index is 0.0821. The van der Waals surface area contributed by atoms with Crippen molar-refractivity contribution in [2.24, 2.45) is 0 Å². The van der Waals surface area contributed by atoms with Gasteiger partial charge >= 0.3 is 6.09 Å². The van der Waals surface area contributed by atoms with Crippen LogP contribution in [0.1, 0.15) is 35.4 Å². The Morgan fingerprint density at radius 1 is 0.853 bits per heavy atom. The Balaban J connectivity index is 1.08. The lowest BCUT2D eigenvalue weighted by atomic mass is 9.89. The van der Waals surface area contributed by atoms with E-state index in [-0.39, 0.29) is 18.1 Å². The third-order valence-electron chi connectivity index (χ3n) is 7.55. The van der Waals surface area contributed by atoms with E-state index in [1.807, 2.05) is 0 Å². The van der Waals surface area contributed by atoms with Gasteiger partial charge in [0.15, 0.2) is 0 Å². The van der Waals surface area contributed by atoms with E-state index in [2.05, 4.69) is 89.1 Å². The normalized spacial score (nSPS) is 23.7. The fraction of sp³-hybridized carbons (Fsp3) is 0.345. The van der Waals surface area contributed by atoms with Crippen LogP contribution < -0.4 is 5.32 Å². The molecule has 2 heterocycles. The number of piperidine rings is 1. The van der Waals surface area contributed by atoms with E-state index in [0.29, 0.717) is 31.9 Å². The highest BCUT2D eigenvalue weighted by molar-refractivity contribution is 5.79. The number of carbonyl (C=O) groups is 1. The Bertz CT molecular complexity index is 1110. The van der Waals surface area contributed by atoms with Crippen LogP contribution >= 0.6 is 0 Å². The molecule has 6 rings (SSSR count). The molecular weight excluding hydrogens is 424 g/mol. The number of carbonyl (C=O) groups excluding carboxylic acids is 1. The molecule has 0 radical (unpaired) electrons. The molecule has 3 aromatic carbocycles. The smallest absolute Gasteiger partial charge is 0.407 e. The quantitative estimate of drug-likeness (QED) is 0.592. The fourth-order valence-electron chi connectivity index (χ4n) is 5.97. The second-order valence-corrected chi connectivity index (χ2v) is 9.64. The lowest BCUT2D eigenvalue weighted by Crippen LogP contribution is -2.60. The van der Waals surface area contributed by atoms with Crippen LogP contribution in [0.25, 0.3) is 11.1 Å². The van der Waals surface area contributed by atoms with Crippen molar-refractivity contribution in [2.75, 3.05) is 19.8 Å². The van der Waals surface area contributed by atoms with Gasteiger partial charge in [0, 0.05) is 30.6 Å². The van der Waals surface area contributed by atoms with Crippen molar-refractivity contribution < 1.29 is 14.3 Å². The molecule has 0 saturated carbocycles. The molecular formula is C29H30N2O3. The van der Waals surface area contributed by atoms with E-state index in [1.54, 1.807) is 0 Å². The van der Waals surface area contributed by atoms with Crippen molar-refractivity contribution in [3.63, 3.8) is 0 Å². The molecule has 34 heavy (non-hydrogen) atoms. The van der Waals surface area contributed by atoms with Gasteiger partial charge < -0.3 is 14.8 Å². The summed E-state index contributed by atoms with van der Waals surface area (Å²) in [5.74, 6) is 0.0821. The molecule has 1 aliphatic carbocycles. The third-order valence-corrected chi connectivity index (χ3v) is 7.55. The predicted octanol–water partition coefficient (Wildman–Crippen LogP) is 4.96. The van der Waals surface area contributed by atoms with Crippen molar-refractivity contribution in [3.8, 4) is 11.1 Å². The fourth-order valence-corrected chi connectivity index (χ4v) is 5.97. The molecule has 0 aromatic heterocycles. The molecule has 2 unspecified atom stereocenters. The number of benzene rings is 3. The average Bonchev–Trinajstić information content (AvgIpc) is 3.18.